The monoisotopic (exact) mass is 395 g/mol. The molecule has 9 heteroatoms. The first-order valence-corrected chi connectivity index (χ1v) is 10.1. The fourth-order valence-electron chi connectivity index (χ4n) is 2.25. The number of aromatic nitrogens is 2. The number of nitrogens with zero attached hydrogens (tertiary/aromatic N) is 2. The lowest BCUT2D eigenvalue weighted by molar-refractivity contribution is 0.109. The number of unbranched alkanes of at least 4 members (excludes halogenated alkanes) is 2. The molecule has 0 atom stereocenters. The highest BCUT2D eigenvalue weighted by Gasteiger charge is 2.20. The van der Waals surface area contributed by atoms with Gasteiger partial charge in [0.25, 0.3) is 10.0 Å². The third-order valence-electron chi connectivity index (χ3n) is 3.67. The molecule has 2 aromatic rings. The summed E-state index contributed by atoms with van der Waals surface area (Å²) in [5.41, 5.74) is 0.00432. The van der Waals surface area contributed by atoms with Crippen molar-refractivity contribution in [3.8, 4) is 5.75 Å². The Kier molecular flexibility index (Phi) is 6.98. The largest absolute Gasteiger partial charge is 0.497 e. The average Bonchev–Trinajstić information content (AvgIpc) is 2.61. The fourth-order valence-corrected chi connectivity index (χ4v) is 3.43. The zero-order valence-corrected chi connectivity index (χ0v) is 16.3. The van der Waals surface area contributed by atoms with Crippen LogP contribution in [0.5, 0.6) is 5.75 Å². The molecule has 0 radical (unpaired) electrons. The number of benzene rings is 1. The van der Waals surface area contributed by atoms with Crippen molar-refractivity contribution in [3.63, 3.8) is 0 Å². The molecule has 0 aliphatic heterocycles. The van der Waals surface area contributed by atoms with E-state index in [9.17, 15) is 13.2 Å². The number of aryl methyl sites for hydroxylation is 1. The third kappa shape index (κ3) is 5.18. The molecule has 0 bridgehead atoms. The Morgan fingerprint density at radius 3 is 2.50 bits per heavy atom. The molecule has 140 valence electrons. The normalized spacial score (nSPS) is 11.2. The summed E-state index contributed by atoms with van der Waals surface area (Å²) in [6.45, 7) is 2.08. The summed E-state index contributed by atoms with van der Waals surface area (Å²) in [5, 5.41) is -0.613. The number of nitrogens with one attached hydrogen (secondary N) is 1. The highest BCUT2D eigenvalue weighted by molar-refractivity contribution is 7.97. The van der Waals surface area contributed by atoms with Crippen LogP contribution in [0.25, 0.3) is 0 Å². The summed E-state index contributed by atoms with van der Waals surface area (Å²) >= 11 is 3.77. The molecule has 2 rings (SSSR count). The smallest absolute Gasteiger partial charge is 0.263 e. The van der Waals surface area contributed by atoms with Crippen molar-refractivity contribution in [2.45, 2.75) is 37.5 Å². The number of anilines is 1. The van der Waals surface area contributed by atoms with Crippen molar-refractivity contribution < 1.29 is 17.9 Å². The molecule has 0 fully saturated rings. The fraction of sp³-hybridized carbons (Fsp3) is 0.353. The van der Waals surface area contributed by atoms with Gasteiger partial charge in [-0.15, -0.1) is 12.6 Å². The van der Waals surface area contributed by atoms with Gasteiger partial charge in [0.05, 0.1) is 17.6 Å². The van der Waals surface area contributed by atoms with Gasteiger partial charge >= 0.3 is 0 Å². The van der Waals surface area contributed by atoms with E-state index in [0.29, 0.717) is 18.0 Å². The molecular formula is C17H21N3O4S2. The minimum Gasteiger partial charge on any atom is -0.497 e. The summed E-state index contributed by atoms with van der Waals surface area (Å²) in [6.07, 6.45) is 4.85. The van der Waals surface area contributed by atoms with Crippen LogP contribution in [0.1, 0.15) is 42.4 Å². The van der Waals surface area contributed by atoms with E-state index in [1.54, 1.807) is 0 Å². The van der Waals surface area contributed by atoms with E-state index in [2.05, 4.69) is 34.2 Å². The maximum Gasteiger partial charge on any atom is 0.263 e. The van der Waals surface area contributed by atoms with Gasteiger partial charge in [0, 0.05) is 12.6 Å². The highest BCUT2D eigenvalue weighted by atomic mass is 32.2. The van der Waals surface area contributed by atoms with Crippen LogP contribution in [0.3, 0.4) is 0 Å². The Morgan fingerprint density at radius 2 is 1.92 bits per heavy atom. The summed E-state index contributed by atoms with van der Waals surface area (Å²) < 4.78 is 32.6. The van der Waals surface area contributed by atoms with Gasteiger partial charge in [-0.1, -0.05) is 19.8 Å². The second-order valence-corrected chi connectivity index (χ2v) is 7.68. The second-order valence-electron chi connectivity index (χ2n) is 5.59. The zero-order chi connectivity index (χ0) is 19.2. The second kappa shape index (κ2) is 9.00. The quantitative estimate of drug-likeness (QED) is 0.500. The van der Waals surface area contributed by atoms with Crippen molar-refractivity contribution in [1.82, 2.24) is 9.97 Å². The highest BCUT2D eigenvalue weighted by Crippen LogP contribution is 2.21. The SMILES string of the molecule is CCCCCc1ncc(C(=O)S)c(NS(=O)(=O)c2ccc(OC)cc2)n1. The van der Waals surface area contributed by atoms with Crippen LogP contribution >= 0.6 is 12.6 Å². The molecule has 26 heavy (non-hydrogen) atoms. The Hall–Kier alpha value is -2.13. The van der Waals surface area contributed by atoms with Crippen LogP contribution in [0.2, 0.25) is 0 Å². The van der Waals surface area contributed by atoms with E-state index in [4.69, 9.17) is 4.74 Å². The van der Waals surface area contributed by atoms with Gasteiger partial charge in [-0.2, -0.15) is 0 Å². The molecule has 1 N–H and O–H groups in total. The Morgan fingerprint density at radius 1 is 1.23 bits per heavy atom. The van der Waals surface area contributed by atoms with E-state index in [0.717, 1.165) is 19.3 Å². The number of ether oxygens (including phenoxy) is 1. The molecule has 0 spiro atoms. The number of hydrogen-bond donors (Lipinski definition) is 2. The zero-order valence-electron chi connectivity index (χ0n) is 14.6. The number of rotatable bonds is 9. The molecule has 0 unspecified atom stereocenters. The maximum absolute atomic E-state index is 12.6. The maximum atomic E-state index is 12.6. The minimum atomic E-state index is -3.92. The van der Waals surface area contributed by atoms with E-state index in [1.165, 1.54) is 37.6 Å². The third-order valence-corrected chi connectivity index (χ3v) is 5.27. The molecular weight excluding hydrogens is 374 g/mol. The first kappa shape index (κ1) is 20.2. The summed E-state index contributed by atoms with van der Waals surface area (Å²) in [4.78, 5) is 20.0. The van der Waals surface area contributed by atoms with E-state index < -0.39 is 15.1 Å². The predicted molar refractivity (Wildman–Crippen MR) is 102 cm³/mol. The topological polar surface area (TPSA) is 98.2 Å². The molecule has 1 heterocycles. The van der Waals surface area contributed by atoms with Gasteiger partial charge in [-0.25, -0.2) is 18.4 Å². The number of thiol groups is 1. The molecule has 0 aliphatic carbocycles. The van der Waals surface area contributed by atoms with Crippen LogP contribution in [0, 0.1) is 0 Å². The van der Waals surface area contributed by atoms with Gasteiger partial charge in [0.2, 0.25) is 5.12 Å². The van der Waals surface area contributed by atoms with Gasteiger partial charge in [0.15, 0.2) is 5.82 Å². The lowest BCUT2D eigenvalue weighted by atomic mass is 10.2. The first-order chi connectivity index (χ1) is 12.4. The summed E-state index contributed by atoms with van der Waals surface area (Å²) in [7, 11) is -2.42. The number of carbonyl (C=O) groups is 1. The average molecular weight is 396 g/mol. The number of methoxy groups -OCH3 is 1. The van der Waals surface area contributed by atoms with Crippen LogP contribution in [-0.2, 0) is 16.4 Å². The summed E-state index contributed by atoms with van der Waals surface area (Å²) in [5.74, 6) is 0.946. The molecule has 0 aliphatic rings. The predicted octanol–water partition coefficient (Wildman–Crippen LogP) is 3.09. The lowest BCUT2D eigenvalue weighted by Gasteiger charge is -2.11. The van der Waals surface area contributed by atoms with E-state index in [-0.39, 0.29) is 16.3 Å². The Bertz CT molecular complexity index is 868. The van der Waals surface area contributed by atoms with Crippen molar-refractivity contribution in [2.75, 3.05) is 11.8 Å². The lowest BCUT2D eigenvalue weighted by Crippen LogP contribution is -2.17. The molecule has 1 aromatic heterocycles. The molecule has 7 nitrogen and oxygen atoms in total. The first-order valence-electron chi connectivity index (χ1n) is 8.13. The van der Waals surface area contributed by atoms with Gasteiger partial charge < -0.3 is 4.74 Å². The van der Waals surface area contributed by atoms with Crippen molar-refractivity contribution in [3.05, 3.63) is 41.9 Å². The van der Waals surface area contributed by atoms with Crippen LogP contribution < -0.4 is 9.46 Å². The van der Waals surface area contributed by atoms with Gasteiger partial charge in [-0.05, 0) is 30.7 Å². The van der Waals surface area contributed by atoms with Crippen molar-refractivity contribution >= 4 is 33.6 Å². The van der Waals surface area contributed by atoms with Crippen LogP contribution in [0.4, 0.5) is 5.82 Å². The van der Waals surface area contributed by atoms with E-state index in [1.807, 2.05) is 0 Å². The van der Waals surface area contributed by atoms with E-state index >= 15 is 0 Å². The standard InChI is InChI=1S/C17H21N3O4S2/c1-3-4-5-6-15-18-11-14(17(21)25)16(19-15)20-26(22,23)13-9-7-12(24-2)8-10-13/h7-11H,3-6H2,1-2H3,(H,21,25)(H,18,19,20). The number of carbonyl (C=O) groups excluding carboxylic acids is 1. The van der Waals surface area contributed by atoms with Crippen LogP contribution in [0.15, 0.2) is 35.4 Å². The van der Waals surface area contributed by atoms with Crippen LogP contribution in [-0.4, -0.2) is 30.6 Å². The molecule has 0 saturated carbocycles. The summed E-state index contributed by atoms with van der Waals surface area (Å²) in [6, 6.07) is 5.89. The number of sulfonamides is 1. The van der Waals surface area contributed by atoms with Gasteiger partial charge in [-0.3, -0.25) is 9.52 Å². The number of hydrogen-bond acceptors (Lipinski definition) is 6. The Balaban J connectivity index is 2.31. The van der Waals surface area contributed by atoms with Gasteiger partial charge in [0.1, 0.15) is 11.6 Å². The molecule has 1 aromatic carbocycles. The Labute approximate surface area is 158 Å². The van der Waals surface area contributed by atoms with Crippen molar-refractivity contribution in [2.24, 2.45) is 0 Å². The van der Waals surface area contributed by atoms with Crippen molar-refractivity contribution in [1.29, 1.82) is 0 Å². The molecule has 0 amide bonds. The minimum absolute atomic E-state index is 0.00432. The molecule has 0 saturated heterocycles.